The number of piperazine rings is 1. The molecule has 0 aromatic heterocycles. The highest BCUT2D eigenvalue weighted by Gasteiger charge is 2.27. The average Bonchev–Trinajstić information content (AvgIpc) is 2.47. The van der Waals surface area contributed by atoms with Gasteiger partial charge in [0.2, 0.25) is 0 Å². The van der Waals surface area contributed by atoms with Gasteiger partial charge < -0.3 is 19.9 Å². The molecule has 0 aliphatic carbocycles. The molecule has 0 atom stereocenters. The molecule has 3 amide bonds. The molecule has 0 radical (unpaired) electrons. The van der Waals surface area contributed by atoms with Gasteiger partial charge in [0.05, 0.1) is 6.61 Å². The number of nitrogens with one attached hydrogen (secondary N) is 1. The van der Waals surface area contributed by atoms with Gasteiger partial charge in [-0.3, -0.25) is 9.59 Å². The molecule has 114 valence electrons. The molecule has 1 aliphatic rings. The molecule has 1 fully saturated rings. The summed E-state index contributed by atoms with van der Waals surface area (Å²) in [4.78, 5) is 37.9. The second-order valence-corrected chi connectivity index (χ2v) is 4.65. The molecular weight excluding hydrogens is 286 g/mol. The first kappa shape index (κ1) is 16.6. The normalized spacial score (nSPS) is 14.9. The number of hydrogen-bond acceptors (Lipinski definition) is 4. The number of hydrogen-bond donors (Lipinski definition) is 1. The Bertz CT molecular complexity index is 357. The average molecular weight is 306 g/mol. The van der Waals surface area contributed by atoms with Gasteiger partial charge in [-0.05, 0) is 13.3 Å². The molecule has 1 rings (SSSR count). The first-order valence-corrected chi connectivity index (χ1v) is 7.18. The number of halogens is 1. The third-order valence-electron chi connectivity index (χ3n) is 2.88. The summed E-state index contributed by atoms with van der Waals surface area (Å²) in [7, 11) is 0. The fourth-order valence-electron chi connectivity index (χ4n) is 1.79. The van der Waals surface area contributed by atoms with Gasteiger partial charge in [-0.15, -0.1) is 11.6 Å². The molecule has 1 aliphatic heterocycles. The molecule has 20 heavy (non-hydrogen) atoms. The van der Waals surface area contributed by atoms with Gasteiger partial charge in [-0.2, -0.15) is 0 Å². The number of nitrogens with zero attached hydrogens (tertiary/aromatic N) is 2. The molecule has 1 heterocycles. The van der Waals surface area contributed by atoms with E-state index in [9.17, 15) is 14.4 Å². The van der Waals surface area contributed by atoms with E-state index in [1.807, 2.05) is 0 Å². The minimum absolute atomic E-state index is 0.320. The van der Waals surface area contributed by atoms with E-state index in [0.29, 0.717) is 51.6 Å². The van der Waals surface area contributed by atoms with Crippen LogP contribution >= 0.6 is 11.6 Å². The first-order valence-electron chi connectivity index (χ1n) is 6.65. The summed E-state index contributed by atoms with van der Waals surface area (Å²) in [6, 6.07) is 0. The number of alkyl halides is 1. The maximum Gasteiger partial charge on any atom is 0.409 e. The summed E-state index contributed by atoms with van der Waals surface area (Å²) in [5.74, 6) is -0.755. The second kappa shape index (κ2) is 8.63. The molecule has 8 heteroatoms. The summed E-state index contributed by atoms with van der Waals surface area (Å²) in [6.07, 6.45) is 0.239. The Balaban J connectivity index is 2.35. The van der Waals surface area contributed by atoms with E-state index in [0.717, 1.165) is 0 Å². The molecule has 1 saturated heterocycles. The lowest BCUT2D eigenvalue weighted by atomic mass is 10.3. The van der Waals surface area contributed by atoms with Crippen molar-refractivity contribution in [3.8, 4) is 0 Å². The Hall–Kier alpha value is -1.50. The lowest BCUT2D eigenvalue weighted by Gasteiger charge is -2.33. The maximum atomic E-state index is 11.8. The zero-order valence-electron chi connectivity index (χ0n) is 11.6. The number of carbonyl (C=O) groups is 3. The van der Waals surface area contributed by atoms with Gasteiger partial charge in [-0.25, -0.2) is 4.79 Å². The van der Waals surface area contributed by atoms with Gasteiger partial charge in [0.25, 0.3) is 0 Å². The summed E-state index contributed by atoms with van der Waals surface area (Å²) in [5.41, 5.74) is 0. The van der Waals surface area contributed by atoms with Crippen molar-refractivity contribution in [3.05, 3.63) is 0 Å². The van der Waals surface area contributed by atoms with Crippen LogP contribution in [0.3, 0.4) is 0 Å². The molecule has 7 nitrogen and oxygen atoms in total. The van der Waals surface area contributed by atoms with Crippen molar-refractivity contribution in [2.45, 2.75) is 13.3 Å². The molecular formula is C12H20ClN3O4. The highest BCUT2D eigenvalue weighted by Crippen LogP contribution is 2.04. The van der Waals surface area contributed by atoms with Crippen LogP contribution in [0.15, 0.2) is 0 Å². The lowest BCUT2D eigenvalue weighted by Crippen LogP contribution is -2.54. The lowest BCUT2D eigenvalue weighted by molar-refractivity contribution is -0.146. The molecule has 0 bridgehead atoms. The van der Waals surface area contributed by atoms with Gasteiger partial charge >= 0.3 is 17.9 Å². The van der Waals surface area contributed by atoms with E-state index in [-0.39, 0.29) is 6.09 Å². The van der Waals surface area contributed by atoms with Crippen LogP contribution in [-0.2, 0) is 14.3 Å². The maximum absolute atomic E-state index is 11.8. The first-order chi connectivity index (χ1) is 9.60. The predicted octanol–water partition coefficient (Wildman–Crippen LogP) is 0.0322. The largest absolute Gasteiger partial charge is 0.450 e. The number of rotatable bonds is 4. The summed E-state index contributed by atoms with van der Waals surface area (Å²) in [5, 5.41) is 2.52. The van der Waals surface area contributed by atoms with Crippen molar-refractivity contribution in [3.63, 3.8) is 0 Å². The Labute approximate surface area is 123 Å². The van der Waals surface area contributed by atoms with E-state index >= 15 is 0 Å². The third-order valence-corrected chi connectivity index (χ3v) is 3.15. The predicted molar refractivity (Wildman–Crippen MR) is 73.5 cm³/mol. The van der Waals surface area contributed by atoms with E-state index in [2.05, 4.69) is 5.32 Å². The highest BCUT2D eigenvalue weighted by atomic mass is 35.5. The van der Waals surface area contributed by atoms with Crippen LogP contribution in [0.2, 0.25) is 0 Å². The number of carbonyl (C=O) groups excluding carboxylic acids is 3. The number of ether oxygens (including phenoxy) is 1. The molecule has 0 spiro atoms. The monoisotopic (exact) mass is 305 g/mol. The minimum atomic E-state index is -0.625. The number of amides is 3. The molecule has 0 aromatic rings. The van der Waals surface area contributed by atoms with Crippen molar-refractivity contribution >= 4 is 29.5 Å². The highest BCUT2D eigenvalue weighted by molar-refractivity contribution is 6.35. The summed E-state index contributed by atoms with van der Waals surface area (Å²) in [6.45, 7) is 3.86. The van der Waals surface area contributed by atoms with Crippen molar-refractivity contribution in [2.75, 3.05) is 45.2 Å². The van der Waals surface area contributed by atoms with E-state index in [4.69, 9.17) is 16.3 Å². The van der Waals surface area contributed by atoms with Crippen molar-refractivity contribution in [2.24, 2.45) is 0 Å². The van der Waals surface area contributed by atoms with Gasteiger partial charge in [0.1, 0.15) is 0 Å². The van der Waals surface area contributed by atoms with Crippen LogP contribution in [0.4, 0.5) is 4.79 Å². The second-order valence-electron chi connectivity index (χ2n) is 4.28. The molecule has 1 N–H and O–H groups in total. The quantitative estimate of drug-likeness (QED) is 0.451. The van der Waals surface area contributed by atoms with Gasteiger partial charge in [0, 0.05) is 38.6 Å². The van der Waals surface area contributed by atoms with E-state index in [1.54, 1.807) is 6.92 Å². The van der Waals surface area contributed by atoms with Crippen LogP contribution in [0.5, 0.6) is 0 Å². The van der Waals surface area contributed by atoms with E-state index < -0.39 is 11.8 Å². The van der Waals surface area contributed by atoms with Crippen LogP contribution in [0, 0.1) is 0 Å². The van der Waals surface area contributed by atoms with Crippen molar-refractivity contribution in [1.82, 2.24) is 15.1 Å². The van der Waals surface area contributed by atoms with Crippen LogP contribution in [0.25, 0.3) is 0 Å². The fraction of sp³-hybridized carbons (Fsp3) is 0.750. The Morgan fingerprint density at radius 1 is 1.15 bits per heavy atom. The fourth-order valence-corrected chi connectivity index (χ4v) is 1.93. The minimum Gasteiger partial charge on any atom is -0.450 e. The third kappa shape index (κ3) is 4.88. The zero-order chi connectivity index (χ0) is 15.0. The van der Waals surface area contributed by atoms with Crippen LogP contribution < -0.4 is 5.32 Å². The van der Waals surface area contributed by atoms with Crippen molar-refractivity contribution < 1.29 is 19.1 Å². The Kier molecular flexibility index (Phi) is 7.14. The van der Waals surface area contributed by atoms with Crippen LogP contribution in [-0.4, -0.2) is 72.9 Å². The summed E-state index contributed by atoms with van der Waals surface area (Å²) < 4.78 is 4.88. The standard InChI is InChI=1S/C12H20ClN3O4/c1-2-20-12(19)16-8-6-15(7-9-16)11(18)10(17)14-5-3-4-13/h2-9H2,1H3,(H,14,17). The Morgan fingerprint density at radius 3 is 2.30 bits per heavy atom. The topological polar surface area (TPSA) is 79.0 Å². The molecule has 0 saturated carbocycles. The smallest absolute Gasteiger partial charge is 0.409 e. The van der Waals surface area contributed by atoms with E-state index in [1.165, 1.54) is 9.80 Å². The zero-order valence-corrected chi connectivity index (χ0v) is 12.3. The molecule has 0 aromatic carbocycles. The van der Waals surface area contributed by atoms with Gasteiger partial charge in [0.15, 0.2) is 0 Å². The SMILES string of the molecule is CCOC(=O)N1CCN(C(=O)C(=O)NCCCCl)CC1. The van der Waals surface area contributed by atoms with Crippen molar-refractivity contribution in [1.29, 1.82) is 0 Å². The van der Waals surface area contributed by atoms with Gasteiger partial charge in [-0.1, -0.05) is 0 Å². The molecule has 0 unspecified atom stereocenters. The summed E-state index contributed by atoms with van der Waals surface area (Å²) >= 11 is 5.49. The Morgan fingerprint density at radius 2 is 1.75 bits per heavy atom. The van der Waals surface area contributed by atoms with Crippen LogP contribution in [0.1, 0.15) is 13.3 Å².